The van der Waals surface area contributed by atoms with Crippen molar-refractivity contribution in [3.63, 3.8) is 0 Å². The number of rotatable bonds is 4. The van der Waals surface area contributed by atoms with Gasteiger partial charge in [-0.15, -0.1) is 11.3 Å². The Hall–Kier alpha value is -1.79. The van der Waals surface area contributed by atoms with Crippen molar-refractivity contribution >= 4 is 45.6 Å². The minimum Gasteiger partial charge on any atom is -0.298 e. The molecule has 92 valence electrons. The maximum atomic E-state index is 11.6. The molecule has 18 heavy (non-hydrogen) atoms. The Balaban J connectivity index is 1.96. The van der Waals surface area contributed by atoms with Gasteiger partial charge in [0.05, 0.1) is 0 Å². The number of Topliss-reactive ketones (excluding diaryl/α,β-unsaturated/α-hetero) is 1. The van der Waals surface area contributed by atoms with Crippen LogP contribution in [0.15, 0.2) is 28.3 Å². The number of hydrogen-bond acceptors (Lipinski definition) is 5. The van der Waals surface area contributed by atoms with Crippen molar-refractivity contribution in [2.24, 2.45) is 0 Å². The van der Waals surface area contributed by atoms with E-state index in [0.717, 1.165) is 5.56 Å². The van der Waals surface area contributed by atoms with E-state index in [1.165, 1.54) is 24.3 Å². The molecule has 4 nitrogen and oxygen atoms in total. The van der Waals surface area contributed by atoms with Crippen molar-refractivity contribution in [1.29, 1.82) is 0 Å². The van der Waals surface area contributed by atoms with Crippen molar-refractivity contribution in [2.75, 3.05) is 5.32 Å². The predicted molar refractivity (Wildman–Crippen MR) is 74.1 cm³/mol. The first-order valence-corrected chi connectivity index (χ1v) is 6.95. The molecular weight excluding hydrogens is 268 g/mol. The Morgan fingerprint density at radius 1 is 1.39 bits per heavy atom. The molecule has 0 fully saturated rings. The molecule has 0 atom stereocenters. The third kappa shape index (κ3) is 3.35. The van der Waals surface area contributed by atoms with Gasteiger partial charge in [0, 0.05) is 18.4 Å². The average molecular weight is 278 g/mol. The van der Waals surface area contributed by atoms with Crippen LogP contribution >= 0.6 is 22.7 Å². The first-order valence-electron chi connectivity index (χ1n) is 5.13. The largest absolute Gasteiger partial charge is 0.298 e. The zero-order chi connectivity index (χ0) is 13.0. The van der Waals surface area contributed by atoms with Gasteiger partial charge < -0.3 is 0 Å². The summed E-state index contributed by atoms with van der Waals surface area (Å²) in [5.41, 5.74) is 1.36. The van der Waals surface area contributed by atoms with Crippen molar-refractivity contribution in [3.8, 4) is 0 Å². The fraction of sp³-hybridized carbons (Fsp3) is 0.0833. The molecule has 0 aliphatic heterocycles. The fourth-order valence-electron chi connectivity index (χ4n) is 1.18. The molecule has 0 saturated carbocycles. The molecular formula is C12H10N2O2S2. The summed E-state index contributed by atoms with van der Waals surface area (Å²) in [5, 5.41) is 8.56. The Morgan fingerprint density at radius 3 is 2.83 bits per heavy atom. The van der Waals surface area contributed by atoms with E-state index in [2.05, 4.69) is 10.3 Å². The summed E-state index contributed by atoms with van der Waals surface area (Å²) in [7, 11) is 0. The third-order valence-electron chi connectivity index (χ3n) is 2.07. The average Bonchev–Trinajstić information content (AvgIpc) is 2.96. The number of thiazole rings is 1. The highest BCUT2D eigenvalue weighted by molar-refractivity contribution is 7.14. The van der Waals surface area contributed by atoms with E-state index in [1.807, 2.05) is 16.8 Å². The van der Waals surface area contributed by atoms with Crippen LogP contribution in [0.2, 0.25) is 0 Å². The molecule has 0 spiro atoms. The zero-order valence-corrected chi connectivity index (χ0v) is 11.2. The number of ketones is 1. The lowest BCUT2D eigenvalue weighted by atomic mass is 10.3. The second kappa shape index (κ2) is 5.70. The minimum atomic E-state index is -0.259. The fourth-order valence-corrected chi connectivity index (χ4v) is 2.56. The van der Waals surface area contributed by atoms with Crippen molar-refractivity contribution in [2.45, 2.75) is 6.92 Å². The molecule has 2 heterocycles. The number of carbonyl (C=O) groups excluding carboxylic acids is 2. The molecule has 6 heteroatoms. The number of carbonyl (C=O) groups is 2. The van der Waals surface area contributed by atoms with Gasteiger partial charge in [0.1, 0.15) is 5.69 Å². The molecule has 2 aromatic rings. The molecule has 2 aromatic heterocycles. The monoisotopic (exact) mass is 278 g/mol. The highest BCUT2D eigenvalue weighted by Crippen LogP contribution is 2.16. The van der Waals surface area contributed by atoms with Crippen LogP contribution in [0.1, 0.15) is 23.0 Å². The van der Waals surface area contributed by atoms with Gasteiger partial charge in [0.2, 0.25) is 5.91 Å². The number of thiophene rings is 1. The number of anilines is 1. The molecule has 0 radical (unpaired) electrons. The first-order chi connectivity index (χ1) is 8.65. The number of aromatic nitrogens is 1. The summed E-state index contributed by atoms with van der Waals surface area (Å²) >= 11 is 2.80. The molecule has 0 aliphatic rings. The normalized spacial score (nSPS) is 10.7. The number of hydrogen-bond donors (Lipinski definition) is 1. The van der Waals surface area contributed by atoms with Crippen molar-refractivity contribution in [3.05, 3.63) is 39.5 Å². The van der Waals surface area contributed by atoms with E-state index >= 15 is 0 Å². The SMILES string of the molecule is CC(=O)c1csc(NC(=O)/C=C/c2ccsc2)n1. The van der Waals surface area contributed by atoms with Gasteiger partial charge in [0.15, 0.2) is 10.9 Å². The Kier molecular flexibility index (Phi) is 4.01. The highest BCUT2D eigenvalue weighted by Gasteiger charge is 2.07. The Labute approximate surface area is 112 Å². The molecule has 0 aromatic carbocycles. The lowest BCUT2D eigenvalue weighted by molar-refractivity contribution is -0.111. The summed E-state index contributed by atoms with van der Waals surface area (Å²) in [6.45, 7) is 1.44. The van der Waals surface area contributed by atoms with Crippen molar-refractivity contribution in [1.82, 2.24) is 4.98 Å². The molecule has 0 saturated heterocycles. The summed E-state index contributed by atoms with van der Waals surface area (Å²) in [5.74, 6) is -0.369. The van der Waals surface area contributed by atoms with Gasteiger partial charge in [-0.1, -0.05) is 0 Å². The summed E-state index contributed by atoms with van der Waals surface area (Å²) in [4.78, 5) is 26.6. The number of amides is 1. The number of nitrogens with one attached hydrogen (secondary N) is 1. The van der Waals surface area contributed by atoms with E-state index in [9.17, 15) is 9.59 Å². The van der Waals surface area contributed by atoms with Crippen LogP contribution < -0.4 is 5.32 Å². The van der Waals surface area contributed by atoms with Gasteiger partial charge in [-0.25, -0.2) is 4.98 Å². The standard InChI is InChI=1S/C12H10N2O2S2/c1-8(15)10-7-18-12(13-10)14-11(16)3-2-9-4-5-17-6-9/h2-7H,1H3,(H,13,14,16)/b3-2+. The quantitative estimate of drug-likeness (QED) is 0.690. The lowest BCUT2D eigenvalue weighted by Crippen LogP contribution is -2.07. The molecule has 0 unspecified atom stereocenters. The van der Waals surface area contributed by atoms with E-state index in [4.69, 9.17) is 0 Å². The molecule has 2 rings (SSSR count). The van der Waals surface area contributed by atoms with Gasteiger partial charge in [-0.05, 0) is 28.5 Å². The zero-order valence-electron chi connectivity index (χ0n) is 9.54. The van der Waals surface area contributed by atoms with Crippen LogP contribution in [0.3, 0.4) is 0 Å². The first kappa shape index (κ1) is 12.7. The minimum absolute atomic E-state index is 0.111. The molecule has 1 N–H and O–H groups in total. The topological polar surface area (TPSA) is 59.1 Å². The van der Waals surface area contributed by atoms with E-state index in [-0.39, 0.29) is 11.7 Å². The molecule has 0 bridgehead atoms. The smallest absolute Gasteiger partial charge is 0.250 e. The lowest BCUT2D eigenvalue weighted by Gasteiger charge is -1.94. The van der Waals surface area contributed by atoms with Gasteiger partial charge in [-0.3, -0.25) is 14.9 Å². The van der Waals surface area contributed by atoms with Crippen LogP contribution in [0, 0.1) is 0 Å². The van der Waals surface area contributed by atoms with Crippen LogP contribution in [-0.2, 0) is 4.79 Å². The van der Waals surface area contributed by atoms with Gasteiger partial charge >= 0.3 is 0 Å². The van der Waals surface area contributed by atoms with Crippen molar-refractivity contribution < 1.29 is 9.59 Å². The summed E-state index contributed by atoms with van der Waals surface area (Å²) in [6, 6.07) is 1.92. The predicted octanol–water partition coefficient (Wildman–Crippen LogP) is 3.06. The van der Waals surface area contributed by atoms with Crippen LogP contribution in [0.5, 0.6) is 0 Å². The number of nitrogens with zero attached hydrogens (tertiary/aromatic N) is 1. The van der Waals surface area contributed by atoms with Crippen LogP contribution in [0.4, 0.5) is 5.13 Å². The maximum Gasteiger partial charge on any atom is 0.250 e. The molecule has 0 aliphatic carbocycles. The Bertz CT molecular complexity index is 585. The van der Waals surface area contributed by atoms with E-state index < -0.39 is 0 Å². The highest BCUT2D eigenvalue weighted by atomic mass is 32.1. The third-order valence-corrected chi connectivity index (χ3v) is 3.52. The van der Waals surface area contributed by atoms with E-state index in [0.29, 0.717) is 10.8 Å². The Morgan fingerprint density at radius 2 is 2.22 bits per heavy atom. The summed E-state index contributed by atoms with van der Waals surface area (Å²) < 4.78 is 0. The van der Waals surface area contributed by atoms with Crippen LogP contribution in [0.25, 0.3) is 6.08 Å². The summed E-state index contributed by atoms with van der Waals surface area (Å²) in [6.07, 6.45) is 3.17. The van der Waals surface area contributed by atoms with Gasteiger partial charge in [0.25, 0.3) is 0 Å². The second-order valence-corrected chi connectivity index (χ2v) is 5.11. The van der Waals surface area contributed by atoms with Crippen LogP contribution in [-0.4, -0.2) is 16.7 Å². The second-order valence-electron chi connectivity index (χ2n) is 3.47. The molecule has 1 amide bonds. The maximum absolute atomic E-state index is 11.6. The van der Waals surface area contributed by atoms with E-state index in [1.54, 1.807) is 22.8 Å². The van der Waals surface area contributed by atoms with Gasteiger partial charge in [-0.2, -0.15) is 11.3 Å².